The molecule has 2 rings (SSSR count). The van der Waals surface area contributed by atoms with Gasteiger partial charge in [-0.2, -0.15) is 0 Å². The van der Waals surface area contributed by atoms with Crippen LogP contribution in [0.4, 0.5) is 0 Å². The Kier molecular flexibility index (Phi) is 4.62. The number of piperidine rings is 1. The first kappa shape index (κ1) is 13.8. The van der Waals surface area contributed by atoms with Crippen molar-refractivity contribution in [2.75, 3.05) is 26.2 Å². The Hall–Kier alpha value is -0.610. The lowest BCUT2D eigenvalue weighted by Crippen LogP contribution is -2.48. The van der Waals surface area contributed by atoms with Crippen LogP contribution in [0.1, 0.15) is 33.1 Å². The van der Waals surface area contributed by atoms with Crippen LogP contribution in [-0.2, 0) is 9.53 Å². The molecule has 0 aromatic rings. The Labute approximate surface area is 110 Å². The van der Waals surface area contributed by atoms with Gasteiger partial charge in [-0.15, -0.1) is 0 Å². The Bertz CT molecular complexity index is 296. The van der Waals surface area contributed by atoms with Gasteiger partial charge in [-0.3, -0.25) is 4.79 Å². The van der Waals surface area contributed by atoms with Crippen LogP contribution in [0.3, 0.4) is 0 Å². The van der Waals surface area contributed by atoms with Gasteiger partial charge in [-0.25, -0.2) is 0 Å². The van der Waals surface area contributed by atoms with Crippen molar-refractivity contribution >= 4 is 5.91 Å². The molecule has 0 aromatic heterocycles. The van der Waals surface area contributed by atoms with Crippen LogP contribution < -0.4 is 5.73 Å². The van der Waals surface area contributed by atoms with Crippen molar-refractivity contribution < 1.29 is 9.53 Å². The molecule has 0 aromatic carbocycles. The molecule has 2 N–H and O–H groups in total. The maximum atomic E-state index is 12.5. The molecule has 4 atom stereocenters. The van der Waals surface area contributed by atoms with Gasteiger partial charge in [0.2, 0.25) is 5.91 Å². The Balaban J connectivity index is 1.96. The summed E-state index contributed by atoms with van der Waals surface area (Å²) in [5, 5.41) is 0. The molecule has 104 valence electrons. The van der Waals surface area contributed by atoms with E-state index in [9.17, 15) is 4.79 Å². The highest BCUT2D eigenvalue weighted by Gasteiger charge is 2.37. The molecule has 0 saturated carbocycles. The molecule has 1 amide bonds. The van der Waals surface area contributed by atoms with E-state index in [1.807, 2.05) is 4.90 Å². The second-order valence-corrected chi connectivity index (χ2v) is 5.76. The highest BCUT2D eigenvalue weighted by Crippen LogP contribution is 2.29. The molecule has 2 heterocycles. The van der Waals surface area contributed by atoms with Gasteiger partial charge in [0, 0.05) is 19.7 Å². The molecule has 4 nitrogen and oxygen atoms in total. The second kappa shape index (κ2) is 6.02. The Morgan fingerprint density at radius 1 is 1.44 bits per heavy atom. The minimum absolute atomic E-state index is 0.0850. The van der Waals surface area contributed by atoms with Crippen LogP contribution in [0.2, 0.25) is 0 Å². The zero-order valence-electron chi connectivity index (χ0n) is 11.6. The van der Waals surface area contributed by atoms with Crippen LogP contribution in [0.25, 0.3) is 0 Å². The maximum Gasteiger partial charge on any atom is 0.228 e. The predicted molar refractivity (Wildman–Crippen MR) is 71.0 cm³/mol. The van der Waals surface area contributed by atoms with Crippen LogP contribution in [0.5, 0.6) is 0 Å². The van der Waals surface area contributed by atoms with Gasteiger partial charge in [0.05, 0.1) is 12.0 Å². The van der Waals surface area contributed by atoms with E-state index >= 15 is 0 Å². The fourth-order valence-corrected chi connectivity index (χ4v) is 3.22. The third kappa shape index (κ3) is 2.69. The van der Waals surface area contributed by atoms with Gasteiger partial charge in [0.1, 0.15) is 0 Å². The average molecular weight is 254 g/mol. The summed E-state index contributed by atoms with van der Waals surface area (Å²) < 4.78 is 5.63. The zero-order valence-corrected chi connectivity index (χ0v) is 11.6. The van der Waals surface area contributed by atoms with Crippen LogP contribution in [0, 0.1) is 17.8 Å². The lowest BCUT2D eigenvalue weighted by molar-refractivity contribution is -0.139. The average Bonchev–Trinajstić information content (AvgIpc) is 2.86. The lowest BCUT2D eigenvalue weighted by Gasteiger charge is -2.38. The number of carbonyl (C=O) groups is 1. The summed E-state index contributed by atoms with van der Waals surface area (Å²) in [6.07, 6.45) is 3.03. The predicted octanol–water partition coefficient (Wildman–Crippen LogP) is 1.24. The highest BCUT2D eigenvalue weighted by atomic mass is 16.5. The molecule has 2 saturated heterocycles. The highest BCUT2D eigenvalue weighted by molar-refractivity contribution is 5.79. The van der Waals surface area contributed by atoms with E-state index in [0.29, 0.717) is 24.3 Å². The summed E-state index contributed by atoms with van der Waals surface area (Å²) in [7, 11) is 0. The number of amides is 1. The van der Waals surface area contributed by atoms with Crippen molar-refractivity contribution in [3.05, 3.63) is 0 Å². The smallest absolute Gasteiger partial charge is 0.228 e. The first-order valence-electron chi connectivity index (χ1n) is 7.27. The van der Waals surface area contributed by atoms with E-state index in [1.165, 1.54) is 0 Å². The molecule has 0 aliphatic carbocycles. The third-order valence-electron chi connectivity index (χ3n) is 4.66. The standard InChI is InChI=1S/C14H26N2O2/c1-3-13-12(5-7-18-13)14(17)16-6-4-10(2)11(8-15)9-16/h10-13H,3-9,15H2,1-2H3. The quantitative estimate of drug-likeness (QED) is 0.824. The van der Waals surface area contributed by atoms with Gasteiger partial charge >= 0.3 is 0 Å². The molecular weight excluding hydrogens is 228 g/mol. The zero-order chi connectivity index (χ0) is 13.1. The monoisotopic (exact) mass is 254 g/mol. The minimum Gasteiger partial charge on any atom is -0.377 e. The van der Waals surface area contributed by atoms with Gasteiger partial charge in [0.15, 0.2) is 0 Å². The molecule has 2 fully saturated rings. The number of likely N-dealkylation sites (tertiary alicyclic amines) is 1. The normalized spacial score (nSPS) is 36.9. The van der Waals surface area contributed by atoms with Crippen LogP contribution in [-0.4, -0.2) is 43.2 Å². The number of hydrogen-bond acceptors (Lipinski definition) is 3. The largest absolute Gasteiger partial charge is 0.377 e. The van der Waals surface area contributed by atoms with Crippen molar-refractivity contribution in [1.29, 1.82) is 0 Å². The number of rotatable bonds is 3. The van der Waals surface area contributed by atoms with Crippen molar-refractivity contribution in [3.8, 4) is 0 Å². The third-order valence-corrected chi connectivity index (χ3v) is 4.66. The number of ether oxygens (including phenoxy) is 1. The summed E-state index contributed by atoms with van der Waals surface area (Å²) in [6, 6.07) is 0. The molecule has 2 aliphatic rings. The SMILES string of the molecule is CCC1OCCC1C(=O)N1CCC(C)C(CN)C1. The van der Waals surface area contributed by atoms with Crippen LogP contribution in [0.15, 0.2) is 0 Å². The number of nitrogens with two attached hydrogens (primary N) is 1. The van der Waals surface area contributed by atoms with E-state index in [1.54, 1.807) is 0 Å². The summed E-state index contributed by atoms with van der Waals surface area (Å²) in [5.74, 6) is 1.48. The summed E-state index contributed by atoms with van der Waals surface area (Å²) in [6.45, 7) is 7.49. The Morgan fingerprint density at radius 3 is 2.89 bits per heavy atom. The molecule has 0 spiro atoms. The van der Waals surface area contributed by atoms with Crippen molar-refractivity contribution in [2.24, 2.45) is 23.5 Å². The van der Waals surface area contributed by atoms with Gasteiger partial charge in [0.25, 0.3) is 0 Å². The van der Waals surface area contributed by atoms with Gasteiger partial charge in [-0.1, -0.05) is 13.8 Å². The van der Waals surface area contributed by atoms with Crippen molar-refractivity contribution in [1.82, 2.24) is 4.90 Å². The fraction of sp³-hybridized carbons (Fsp3) is 0.929. The molecule has 0 radical (unpaired) electrons. The summed E-state index contributed by atoms with van der Waals surface area (Å²) in [4.78, 5) is 14.6. The van der Waals surface area contributed by atoms with E-state index < -0.39 is 0 Å². The lowest BCUT2D eigenvalue weighted by atomic mass is 9.86. The molecule has 4 heteroatoms. The first-order valence-corrected chi connectivity index (χ1v) is 7.27. The molecule has 18 heavy (non-hydrogen) atoms. The first-order chi connectivity index (χ1) is 8.67. The topological polar surface area (TPSA) is 55.6 Å². The number of carbonyl (C=O) groups excluding carboxylic acids is 1. The van der Waals surface area contributed by atoms with Gasteiger partial charge < -0.3 is 15.4 Å². The van der Waals surface area contributed by atoms with E-state index in [2.05, 4.69) is 13.8 Å². The van der Waals surface area contributed by atoms with Gasteiger partial charge in [-0.05, 0) is 37.6 Å². The number of nitrogens with zero attached hydrogens (tertiary/aromatic N) is 1. The molecule has 0 bridgehead atoms. The van der Waals surface area contributed by atoms with Crippen LogP contribution >= 0.6 is 0 Å². The minimum atomic E-state index is 0.0850. The van der Waals surface area contributed by atoms with E-state index in [4.69, 9.17) is 10.5 Å². The van der Waals surface area contributed by atoms with E-state index in [-0.39, 0.29) is 12.0 Å². The maximum absolute atomic E-state index is 12.5. The Morgan fingerprint density at radius 2 is 2.22 bits per heavy atom. The van der Waals surface area contributed by atoms with E-state index in [0.717, 1.165) is 39.0 Å². The number of hydrogen-bond donors (Lipinski definition) is 1. The fourth-order valence-electron chi connectivity index (χ4n) is 3.22. The molecule has 2 aliphatic heterocycles. The second-order valence-electron chi connectivity index (χ2n) is 5.76. The molecule has 4 unspecified atom stereocenters. The molecular formula is C14H26N2O2. The van der Waals surface area contributed by atoms with Crippen molar-refractivity contribution in [3.63, 3.8) is 0 Å². The summed E-state index contributed by atoms with van der Waals surface area (Å²) >= 11 is 0. The van der Waals surface area contributed by atoms with Crippen molar-refractivity contribution in [2.45, 2.75) is 39.2 Å². The summed E-state index contributed by atoms with van der Waals surface area (Å²) in [5.41, 5.74) is 5.80.